The van der Waals surface area contributed by atoms with Crippen LogP contribution in [0, 0.1) is 0 Å². The largest absolute Gasteiger partial charge is 0.358 e. The minimum absolute atomic E-state index is 0.187. The van der Waals surface area contributed by atoms with Gasteiger partial charge in [0.1, 0.15) is 18.2 Å². The average molecular weight is 175 g/mol. The molecule has 4 nitrogen and oxygen atoms in total. The predicted molar refractivity (Wildman–Crippen MR) is 47.1 cm³/mol. The van der Waals surface area contributed by atoms with E-state index in [2.05, 4.69) is 14.5 Å². The van der Waals surface area contributed by atoms with Gasteiger partial charge in [-0.15, -0.1) is 0 Å². The van der Waals surface area contributed by atoms with E-state index in [9.17, 15) is 0 Å². The highest BCUT2D eigenvalue weighted by atomic mass is 16.5. The maximum absolute atomic E-state index is 5.39. The van der Waals surface area contributed by atoms with Crippen LogP contribution in [-0.2, 0) is 4.74 Å². The lowest BCUT2D eigenvalue weighted by molar-refractivity contribution is -0.0971. The molecule has 1 fully saturated rings. The van der Waals surface area contributed by atoms with Crippen molar-refractivity contribution in [2.75, 3.05) is 6.61 Å². The van der Waals surface area contributed by atoms with Crippen LogP contribution < -0.4 is 0 Å². The van der Waals surface area contributed by atoms with Gasteiger partial charge in [-0.3, -0.25) is 0 Å². The molecule has 1 atom stereocenters. The number of hydrogen-bond donors (Lipinski definition) is 0. The van der Waals surface area contributed by atoms with Crippen molar-refractivity contribution >= 4 is 11.0 Å². The molecule has 1 aliphatic heterocycles. The summed E-state index contributed by atoms with van der Waals surface area (Å²) < 4.78 is 7.44. The van der Waals surface area contributed by atoms with Crippen molar-refractivity contribution in [1.82, 2.24) is 14.5 Å². The molecule has 66 valence electrons. The summed E-state index contributed by atoms with van der Waals surface area (Å²) in [6, 6.07) is 2.01. The standard InChI is InChI=1S/C9H9N3O/c1-3-12(8-2-4-13-8)9-7(1)5-10-6-11-9/h1,3,5-6,8H,2,4H2. The van der Waals surface area contributed by atoms with Crippen molar-refractivity contribution in [2.24, 2.45) is 0 Å². The monoisotopic (exact) mass is 175 g/mol. The van der Waals surface area contributed by atoms with E-state index in [0.717, 1.165) is 24.1 Å². The third-order valence-electron chi connectivity index (χ3n) is 2.36. The molecule has 0 radical (unpaired) electrons. The van der Waals surface area contributed by atoms with E-state index < -0.39 is 0 Å². The molecule has 0 spiro atoms. The molecule has 1 saturated heterocycles. The molecule has 3 rings (SSSR count). The molecule has 0 aromatic carbocycles. The second kappa shape index (κ2) is 2.53. The Hall–Kier alpha value is -1.42. The van der Waals surface area contributed by atoms with Crippen LogP contribution in [0.5, 0.6) is 0 Å². The third kappa shape index (κ3) is 0.954. The van der Waals surface area contributed by atoms with E-state index in [1.807, 2.05) is 18.5 Å². The summed E-state index contributed by atoms with van der Waals surface area (Å²) in [7, 11) is 0. The maximum Gasteiger partial charge on any atom is 0.145 e. The molecule has 0 saturated carbocycles. The number of fused-ring (bicyclic) bond motifs is 1. The van der Waals surface area contributed by atoms with Gasteiger partial charge in [0.2, 0.25) is 0 Å². The summed E-state index contributed by atoms with van der Waals surface area (Å²) in [5.74, 6) is 0. The Labute approximate surface area is 75.2 Å². The van der Waals surface area contributed by atoms with Gasteiger partial charge in [-0.1, -0.05) is 0 Å². The molecule has 0 N–H and O–H groups in total. The van der Waals surface area contributed by atoms with Gasteiger partial charge in [0.25, 0.3) is 0 Å². The summed E-state index contributed by atoms with van der Waals surface area (Å²) in [5.41, 5.74) is 0.958. The zero-order chi connectivity index (χ0) is 8.67. The van der Waals surface area contributed by atoms with Crippen molar-refractivity contribution in [1.29, 1.82) is 0 Å². The molecule has 3 heterocycles. The van der Waals surface area contributed by atoms with Gasteiger partial charge in [0.15, 0.2) is 0 Å². The SMILES string of the molecule is c1ncc2ccn(C3CCO3)c2n1. The minimum atomic E-state index is 0.187. The first-order valence-electron chi connectivity index (χ1n) is 4.33. The van der Waals surface area contributed by atoms with Gasteiger partial charge in [0, 0.05) is 24.2 Å². The Kier molecular flexibility index (Phi) is 1.37. The number of nitrogens with zero attached hydrogens (tertiary/aromatic N) is 3. The van der Waals surface area contributed by atoms with Crippen LogP contribution in [0.1, 0.15) is 12.6 Å². The lowest BCUT2D eigenvalue weighted by Gasteiger charge is -2.27. The summed E-state index contributed by atoms with van der Waals surface area (Å²) >= 11 is 0. The molecule has 2 aromatic heterocycles. The van der Waals surface area contributed by atoms with Crippen LogP contribution in [0.2, 0.25) is 0 Å². The van der Waals surface area contributed by atoms with E-state index in [4.69, 9.17) is 4.74 Å². The van der Waals surface area contributed by atoms with Crippen molar-refractivity contribution in [2.45, 2.75) is 12.6 Å². The van der Waals surface area contributed by atoms with E-state index in [0.29, 0.717) is 0 Å². The van der Waals surface area contributed by atoms with Crippen LogP contribution in [0.3, 0.4) is 0 Å². The van der Waals surface area contributed by atoms with Crippen LogP contribution in [-0.4, -0.2) is 21.1 Å². The summed E-state index contributed by atoms with van der Waals surface area (Å²) in [4.78, 5) is 8.18. The molecule has 2 aromatic rings. The normalized spacial score (nSPS) is 21.7. The lowest BCUT2D eigenvalue weighted by atomic mass is 10.3. The Bertz CT molecular complexity index is 433. The average Bonchev–Trinajstić information content (AvgIpc) is 2.47. The summed E-state index contributed by atoms with van der Waals surface area (Å²) in [5, 5.41) is 1.07. The molecule has 1 unspecified atom stereocenters. The quantitative estimate of drug-likeness (QED) is 0.656. The smallest absolute Gasteiger partial charge is 0.145 e. The van der Waals surface area contributed by atoms with Gasteiger partial charge >= 0.3 is 0 Å². The Morgan fingerprint density at radius 1 is 1.54 bits per heavy atom. The van der Waals surface area contributed by atoms with Crippen molar-refractivity contribution in [3.63, 3.8) is 0 Å². The summed E-state index contributed by atoms with van der Waals surface area (Å²) in [6.45, 7) is 0.857. The molecule has 0 aliphatic carbocycles. The number of rotatable bonds is 1. The van der Waals surface area contributed by atoms with Crippen LogP contribution in [0.15, 0.2) is 24.8 Å². The number of ether oxygens (including phenoxy) is 1. The van der Waals surface area contributed by atoms with Crippen LogP contribution in [0.4, 0.5) is 0 Å². The molecule has 13 heavy (non-hydrogen) atoms. The van der Waals surface area contributed by atoms with Crippen molar-refractivity contribution in [3.8, 4) is 0 Å². The zero-order valence-corrected chi connectivity index (χ0v) is 7.05. The zero-order valence-electron chi connectivity index (χ0n) is 7.05. The van der Waals surface area contributed by atoms with E-state index in [1.54, 1.807) is 6.33 Å². The lowest BCUT2D eigenvalue weighted by Crippen LogP contribution is -2.24. The van der Waals surface area contributed by atoms with Crippen LogP contribution in [0.25, 0.3) is 11.0 Å². The van der Waals surface area contributed by atoms with Crippen molar-refractivity contribution < 1.29 is 4.74 Å². The van der Waals surface area contributed by atoms with Crippen molar-refractivity contribution in [3.05, 3.63) is 24.8 Å². The van der Waals surface area contributed by atoms with Gasteiger partial charge in [-0.2, -0.15) is 0 Å². The first-order valence-corrected chi connectivity index (χ1v) is 4.33. The highest BCUT2D eigenvalue weighted by Gasteiger charge is 2.21. The Morgan fingerprint density at radius 2 is 2.46 bits per heavy atom. The highest BCUT2D eigenvalue weighted by Crippen LogP contribution is 2.26. The second-order valence-electron chi connectivity index (χ2n) is 3.14. The fourth-order valence-corrected chi connectivity index (χ4v) is 1.57. The predicted octanol–water partition coefficient (Wildman–Crippen LogP) is 1.35. The minimum Gasteiger partial charge on any atom is -0.358 e. The molecule has 0 bridgehead atoms. The van der Waals surface area contributed by atoms with Gasteiger partial charge < -0.3 is 9.30 Å². The maximum atomic E-state index is 5.39. The summed E-state index contributed by atoms with van der Waals surface area (Å²) in [6.07, 6.45) is 6.65. The van der Waals surface area contributed by atoms with Gasteiger partial charge in [-0.05, 0) is 6.07 Å². The van der Waals surface area contributed by atoms with Crippen LogP contribution >= 0.6 is 0 Å². The topological polar surface area (TPSA) is 39.9 Å². The van der Waals surface area contributed by atoms with Gasteiger partial charge in [0.05, 0.1) is 6.61 Å². The Morgan fingerprint density at radius 3 is 3.23 bits per heavy atom. The molecule has 0 amide bonds. The fourth-order valence-electron chi connectivity index (χ4n) is 1.57. The first kappa shape index (κ1) is 7.03. The number of hydrogen-bond acceptors (Lipinski definition) is 3. The molecule has 4 heteroatoms. The number of aromatic nitrogens is 3. The first-order chi connectivity index (χ1) is 6.45. The third-order valence-corrected chi connectivity index (χ3v) is 2.36. The molecular formula is C9H9N3O. The van der Waals surface area contributed by atoms with E-state index >= 15 is 0 Å². The van der Waals surface area contributed by atoms with Gasteiger partial charge in [-0.25, -0.2) is 9.97 Å². The van der Waals surface area contributed by atoms with E-state index in [1.165, 1.54) is 0 Å². The molecule has 1 aliphatic rings. The fraction of sp³-hybridized carbons (Fsp3) is 0.333. The highest BCUT2D eigenvalue weighted by molar-refractivity contribution is 5.74. The second-order valence-corrected chi connectivity index (χ2v) is 3.14. The Balaban J connectivity index is 2.17. The molecular weight excluding hydrogens is 166 g/mol. The van der Waals surface area contributed by atoms with E-state index in [-0.39, 0.29) is 6.23 Å².